The number of anilines is 1. The van der Waals surface area contributed by atoms with Crippen LogP contribution < -0.4 is 19.7 Å². The maximum atomic E-state index is 12.7. The zero-order chi connectivity index (χ0) is 20.2. The predicted octanol–water partition coefficient (Wildman–Crippen LogP) is 2.55. The van der Waals surface area contributed by atoms with E-state index in [4.69, 9.17) is 13.9 Å². The minimum Gasteiger partial charge on any atom is -0.490 e. The Balaban J connectivity index is 1.33. The zero-order valence-corrected chi connectivity index (χ0v) is 16.4. The number of fused-ring (bicyclic) bond motifs is 1. The molecule has 0 saturated carbocycles. The van der Waals surface area contributed by atoms with Gasteiger partial charge in [0.05, 0.1) is 13.2 Å². The first-order valence-electron chi connectivity index (χ1n) is 9.93. The van der Waals surface area contributed by atoms with E-state index < -0.39 is 0 Å². The van der Waals surface area contributed by atoms with Crippen molar-refractivity contribution in [2.75, 3.05) is 31.2 Å². The van der Waals surface area contributed by atoms with Gasteiger partial charge in [0.1, 0.15) is 6.07 Å². The monoisotopic (exact) mass is 396 g/mol. The van der Waals surface area contributed by atoms with E-state index in [2.05, 4.69) is 16.4 Å². The van der Waals surface area contributed by atoms with Crippen LogP contribution in [0.5, 0.6) is 11.5 Å². The summed E-state index contributed by atoms with van der Waals surface area (Å²) >= 11 is 0. The van der Waals surface area contributed by atoms with Crippen LogP contribution in [0.25, 0.3) is 0 Å². The Morgan fingerprint density at radius 2 is 2.10 bits per heavy atom. The minimum absolute atomic E-state index is 0.0334. The molecule has 0 atom stereocenters. The number of aryl methyl sites for hydroxylation is 1. The van der Waals surface area contributed by atoms with E-state index >= 15 is 0 Å². The van der Waals surface area contributed by atoms with E-state index in [0.29, 0.717) is 63.2 Å². The molecule has 152 valence electrons. The van der Waals surface area contributed by atoms with Gasteiger partial charge in [0.2, 0.25) is 17.5 Å². The predicted molar refractivity (Wildman–Crippen MR) is 105 cm³/mol. The van der Waals surface area contributed by atoms with Crippen LogP contribution in [0.15, 0.2) is 22.6 Å². The average Bonchev–Trinajstić information content (AvgIpc) is 2.96. The summed E-state index contributed by atoms with van der Waals surface area (Å²) in [7, 11) is 0. The summed E-state index contributed by atoms with van der Waals surface area (Å²) in [4.78, 5) is 18.8. The number of amides is 1. The second-order valence-corrected chi connectivity index (χ2v) is 7.27. The molecule has 0 spiro atoms. The lowest BCUT2D eigenvalue weighted by atomic mass is 9.96. The summed E-state index contributed by atoms with van der Waals surface area (Å²) < 4.78 is 17.1. The van der Waals surface area contributed by atoms with Crippen molar-refractivity contribution in [3.05, 3.63) is 35.3 Å². The lowest BCUT2D eigenvalue weighted by molar-refractivity contribution is -0.125. The van der Waals surface area contributed by atoms with Crippen LogP contribution in [-0.4, -0.2) is 37.2 Å². The van der Waals surface area contributed by atoms with Crippen LogP contribution in [0.1, 0.15) is 36.4 Å². The Morgan fingerprint density at radius 3 is 2.90 bits per heavy atom. The molecule has 2 aliphatic rings. The fourth-order valence-corrected chi connectivity index (χ4v) is 3.77. The fourth-order valence-electron chi connectivity index (χ4n) is 3.77. The highest BCUT2D eigenvalue weighted by Crippen LogP contribution is 2.33. The number of benzene rings is 1. The maximum Gasteiger partial charge on any atom is 0.234 e. The van der Waals surface area contributed by atoms with Crippen molar-refractivity contribution in [3.63, 3.8) is 0 Å². The molecule has 0 unspecified atom stereocenters. The number of nitriles is 1. The van der Waals surface area contributed by atoms with Crippen molar-refractivity contribution >= 4 is 11.8 Å². The molecule has 0 bridgehead atoms. The molecule has 3 heterocycles. The highest BCUT2D eigenvalue weighted by atomic mass is 16.5. The Kier molecular flexibility index (Phi) is 5.56. The molecule has 1 amide bonds. The van der Waals surface area contributed by atoms with Crippen LogP contribution in [0.3, 0.4) is 0 Å². The van der Waals surface area contributed by atoms with E-state index in [9.17, 15) is 10.1 Å². The lowest BCUT2D eigenvalue weighted by Crippen LogP contribution is -2.40. The molecule has 8 heteroatoms. The number of oxazole rings is 1. The molecular weight excluding hydrogens is 372 g/mol. The molecule has 0 aliphatic carbocycles. The number of rotatable bonds is 4. The molecule has 0 radical (unpaired) electrons. The molecule has 1 aromatic carbocycles. The van der Waals surface area contributed by atoms with E-state index in [1.165, 1.54) is 0 Å². The van der Waals surface area contributed by atoms with Gasteiger partial charge in [-0.15, -0.1) is 0 Å². The van der Waals surface area contributed by atoms with Gasteiger partial charge in [-0.05, 0) is 18.9 Å². The maximum absolute atomic E-state index is 12.7. The SMILES string of the molecule is Cc1nc(C#N)c(N2CCC(C(=O)NCc3cccc4c3OCCCO4)CC2)o1. The van der Waals surface area contributed by atoms with Crippen LogP contribution in [0.4, 0.5) is 5.88 Å². The second-order valence-electron chi connectivity index (χ2n) is 7.27. The quantitative estimate of drug-likeness (QED) is 0.847. The summed E-state index contributed by atoms with van der Waals surface area (Å²) in [5, 5.41) is 12.2. The van der Waals surface area contributed by atoms with Gasteiger partial charge < -0.3 is 24.1 Å². The normalized spacial score (nSPS) is 16.8. The van der Waals surface area contributed by atoms with Crippen LogP contribution in [0, 0.1) is 24.2 Å². The number of nitrogens with zero attached hydrogens (tertiary/aromatic N) is 3. The van der Waals surface area contributed by atoms with Crippen molar-refractivity contribution in [1.82, 2.24) is 10.3 Å². The van der Waals surface area contributed by atoms with E-state index in [0.717, 1.165) is 23.5 Å². The molecule has 1 fully saturated rings. The first-order chi connectivity index (χ1) is 14.2. The number of para-hydroxylation sites is 1. The Morgan fingerprint density at radius 1 is 1.31 bits per heavy atom. The smallest absolute Gasteiger partial charge is 0.234 e. The number of carbonyl (C=O) groups excluding carboxylic acids is 1. The van der Waals surface area contributed by atoms with Crippen molar-refractivity contribution in [3.8, 4) is 17.6 Å². The van der Waals surface area contributed by atoms with Gasteiger partial charge >= 0.3 is 0 Å². The number of hydrogen-bond donors (Lipinski definition) is 1. The van der Waals surface area contributed by atoms with Gasteiger partial charge in [-0.25, -0.2) is 4.98 Å². The summed E-state index contributed by atoms with van der Waals surface area (Å²) in [6, 6.07) is 7.83. The highest BCUT2D eigenvalue weighted by molar-refractivity contribution is 5.79. The third kappa shape index (κ3) is 4.14. The molecule has 2 aromatic rings. The topological polar surface area (TPSA) is 101 Å². The summed E-state index contributed by atoms with van der Waals surface area (Å²) in [6.07, 6.45) is 2.24. The number of carbonyl (C=O) groups is 1. The number of aromatic nitrogens is 1. The van der Waals surface area contributed by atoms with Gasteiger partial charge in [-0.1, -0.05) is 12.1 Å². The van der Waals surface area contributed by atoms with Gasteiger partial charge in [0.15, 0.2) is 17.4 Å². The zero-order valence-electron chi connectivity index (χ0n) is 16.4. The van der Waals surface area contributed by atoms with Crippen molar-refractivity contribution in [1.29, 1.82) is 5.26 Å². The third-order valence-corrected chi connectivity index (χ3v) is 5.28. The Hall–Kier alpha value is -3.21. The Bertz CT molecular complexity index is 925. The van der Waals surface area contributed by atoms with Gasteiger partial charge in [-0.3, -0.25) is 4.79 Å². The van der Waals surface area contributed by atoms with Gasteiger partial charge in [0.25, 0.3) is 0 Å². The first-order valence-corrected chi connectivity index (χ1v) is 9.93. The molecule has 29 heavy (non-hydrogen) atoms. The number of nitrogens with one attached hydrogen (secondary N) is 1. The number of ether oxygens (including phenoxy) is 2. The summed E-state index contributed by atoms with van der Waals surface area (Å²) in [5.74, 6) is 2.41. The molecule has 1 saturated heterocycles. The molecule has 2 aliphatic heterocycles. The Labute approximate surface area is 169 Å². The highest BCUT2D eigenvalue weighted by Gasteiger charge is 2.28. The molecular formula is C21H24N4O4. The third-order valence-electron chi connectivity index (χ3n) is 5.28. The van der Waals surface area contributed by atoms with Crippen molar-refractivity contribution in [2.45, 2.75) is 32.7 Å². The summed E-state index contributed by atoms with van der Waals surface area (Å²) in [5.41, 5.74) is 1.23. The summed E-state index contributed by atoms with van der Waals surface area (Å²) in [6.45, 7) is 4.69. The largest absolute Gasteiger partial charge is 0.490 e. The minimum atomic E-state index is -0.0692. The van der Waals surface area contributed by atoms with Crippen molar-refractivity contribution < 1.29 is 18.7 Å². The standard InChI is InChI=1S/C21H24N4O4/c1-14-24-17(12-22)21(29-14)25-8-6-15(7-9-25)20(26)23-13-16-4-2-5-18-19(16)28-11-3-10-27-18/h2,4-5,15H,3,6-11,13H2,1H3,(H,23,26). The fraction of sp³-hybridized carbons (Fsp3) is 0.476. The van der Waals surface area contributed by atoms with E-state index in [1.54, 1.807) is 6.92 Å². The molecule has 1 aromatic heterocycles. The number of piperidine rings is 1. The van der Waals surface area contributed by atoms with E-state index in [-0.39, 0.29) is 11.8 Å². The van der Waals surface area contributed by atoms with Gasteiger partial charge in [-0.2, -0.15) is 5.26 Å². The first kappa shape index (κ1) is 19.1. The van der Waals surface area contributed by atoms with Crippen LogP contribution >= 0.6 is 0 Å². The van der Waals surface area contributed by atoms with Crippen LogP contribution in [-0.2, 0) is 11.3 Å². The second kappa shape index (κ2) is 8.43. The molecule has 1 N–H and O–H groups in total. The van der Waals surface area contributed by atoms with Crippen molar-refractivity contribution in [2.24, 2.45) is 5.92 Å². The van der Waals surface area contributed by atoms with E-state index in [1.807, 2.05) is 23.1 Å². The molecule has 8 nitrogen and oxygen atoms in total. The average molecular weight is 396 g/mol. The molecule has 4 rings (SSSR count). The van der Waals surface area contributed by atoms with Gasteiger partial charge in [0, 0.05) is 44.5 Å². The van der Waals surface area contributed by atoms with Crippen LogP contribution in [0.2, 0.25) is 0 Å². The lowest BCUT2D eigenvalue weighted by Gasteiger charge is -2.31. The number of hydrogen-bond acceptors (Lipinski definition) is 7.